The molecule has 6 nitrogen and oxygen atoms in total. The molecule has 28 heavy (non-hydrogen) atoms. The number of rotatable bonds is 7. The van der Waals surface area contributed by atoms with Gasteiger partial charge in [-0.3, -0.25) is 9.59 Å². The minimum Gasteiger partial charge on any atom is -0.494 e. The highest BCUT2D eigenvalue weighted by molar-refractivity contribution is 7.16. The zero-order valence-corrected chi connectivity index (χ0v) is 16.9. The molecule has 0 atom stereocenters. The first-order chi connectivity index (χ1) is 13.5. The van der Waals surface area contributed by atoms with Gasteiger partial charge in [0.05, 0.1) is 23.4 Å². The number of carbonyl (C=O) groups excluding carboxylic acids is 2. The summed E-state index contributed by atoms with van der Waals surface area (Å²) < 4.78 is 13.7. The largest absolute Gasteiger partial charge is 0.494 e. The van der Waals surface area contributed by atoms with Crippen LogP contribution in [-0.2, 0) is 11.3 Å². The van der Waals surface area contributed by atoms with Gasteiger partial charge < -0.3 is 14.0 Å². The number of amides is 1. The average molecular weight is 398 g/mol. The van der Waals surface area contributed by atoms with Gasteiger partial charge in [-0.15, -0.1) is 0 Å². The number of aromatic nitrogens is 1. The highest BCUT2D eigenvalue weighted by Gasteiger charge is 2.11. The topological polar surface area (TPSA) is 69.9 Å². The van der Waals surface area contributed by atoms with Crippen molar-refractivity contribution in [2.45, 2.75) is 20.4 Å². The van der Waals surface area contributed by atoms with Crippen LogP contribution in [0.3, 0.4) is 0 Å². The number of methoxy groups -OCH3 is 1. The summed E-state index contributed by atoms with van der Waals surface area (Å²) in [5, 5.41) is 0. The Balaban J connectivity index is 2.03. The van der Waals surface area contributed by atoms with Crippen LogP contribution in [0.1, 0.15) is 34.6 Å². The lowest BCUT2D eigenvalue weighted by Gasteiger charge is -2.06. The van der Waals surface area contributed by atoms with Crippen LogP contribution in [0.4, 0.5) is 0 Å². The number of hydrogen-bond donors (Lipinski definition) is 0. The van der Waals surface area contributed by atoms with Gasteiger partial charge >= 0.3 is 0 Å². The van der Waals surface area contributed by atoms with E-state index in [2.05, 4.69) is 4.99 Å². The molecule has 0 aliphatic heterocycles. The Labute approximate surface area is 167 Å². The maximum atomic E-state index is 12.7. The molecule has 146 valence electrons. The van der Waals surface area contributed by atoms with Crippen molar-refractivity contribution in [2.24, 2.45) is 4.99 Å². The zero-order valence-electron chi connectivity index (χ0n) is 16.1. The lowest BCUT2D eigenvalue weighted by Crippen LogP contribution is -2.19. The molecule has 0 bridgehead atoms. The van der Waals surface area contributed by atoms with Gasteiger partial charge in [-0.25, -0.2) is 0 Å². The Hall–Kier alpha value is -2.77. The maximum absolute atomic E-state index is 12.7. The molecular weight excluding hydrogens is 376 g/mol. The van der Waals surface area contributed by atoms with Gasteiger partial charge in [0, 0.05) is 24.8 Å². The Kier molecular flexibility index (Phi) is 6.38. The molecule has 0 fully saturated rings. The van der Waals surface area contributed by atoms with Crippen molar-refractivity contribution in [3.05, 3.63) is 58.4 Å². The van der Waals surface area contributed by atoms with Crippen LogP contribution in [0.2, 0.25) is 0 Å². The van der Waals surface area contributed by atoms with Crippen LogP contribution < -0.4 is 9.54 Å². The number of thiazole rings is 1. The second-order valence-corrected chi connectivity index (χ2v) is 7.15. The van der Waals surface area contributed by atoms with Gasteiger partial charge in [-0.05, 0) is 44.2 Å². The van der Waals surface area contributed by atoms with Gasteiger partial charge in [0.1, 0.15) is 5.75 Å². The molecule has 0 saturated carbocycles. The first-order valence-corrected chi connectivity index (χ1v) is 9.80. The van der Waals surface area contributed by atoms with Crippen molar-refractivity contribution in [1.82, 2.24) is 4.57 Å². The monoisotopic (exact) mass is 398 g/mol. The Bertz CT molecular complexity index is 1060. The highest BCUT2D eigenvalue weighted by atomic mass is 32.1. The summed E-state index contributed by atoms with van der Waals surface area (Å²) in [6.07, 6.45) is 0. The number of fused-ring (bicyclic) bond motifs is 1. The number of Topliss-reactive ketones (excluding diaryl/α,β-unsaturated/α-hetero) is 1. The number of ketones is 1. The van der Waals surface area contributed by atoms with Crippen LogP contribution in [0.15, 0.2) is 47.5 Å². The number of benzene rings is 2. The number of carbonyl (C=O) groups is 2. The standard InChI is InChI=1S/C21H22N2O4S/c1-4-27-17-9-10-18-19(13-17)28-21(23(18)11-12-26-3)22-20(25)16-7-5-15(6-8-16)14(2)24/h5-10,13H,4,11-12H2,1-3H3. The van der Waals surface area contributed by atoms with Crippen LogP contribution in [0.25, 0.3) is 10.2 Å². The Morgan fingerprint density at radius 3 is 2.46 bits per heavy atom. The Morgan fingerprint density at radius 1 is 1.11 bits per heavy atom. The SMILES string of the molecule is CCOc1ccc2c(c1)sc(=NC(=O)c1ccc(C(C)=O)cc1)n2CCOC. The van der Waals surface area contributed by atoms with Crippen molar-refractivity contribution in [1.29, 1.82) is 0 Å². The Morgan fingerprint density at radius 2 is 1.82 bits per heavy atom. The molecule has 7 heteroatoms. The average Bonchev–Trinajstić information content (AvgIpc) is 3.02. The third-order valence-corrected chi connectivity index (χ3v) is 5.26. The quantitative estimate of drug-likeness (QED) is 0.569. The maximum Gasteiger partial charge on any atom is 0.279 e. The van der Waals surface area contributed by atoms with Gasteiger partial charge in [0.25, 0.3) is 5.91 Å². The molecule has 0 N–H and O–H groups in total. The molecule has 1 aromatic heterocycles. The number of ether oxygens (including phenoxy) is 2. The van der Waals surface area contributed by atoms with Gasteiger partial charge in [-0.2, -0.15) is 4.99 Å². The van der Waals surface area contributed by atoms with Crippen LogP contribution in [0, 0.1) is 0 Å². The lowest BCUT2D eigenvalue weighted by molar-refractivity contribution is 0.0991. The van der Waals surface area contributed by atoms with Crippen molar-refractivity contribution < 1.29 is 19.1 Å². The molecule has 0 aliphatic carbocycles. The summed E-state index contributed by atoms with van der Waals surface area (Å²) in [6, 6.07) is 12.4. The van der Waals surface area contributed by atoms with E-state index < -0.39 is 0 Å². The van der Waals surface area contributed by atoms with Crippen molar-refractivity contribution in [2.75, 3.05) is 20.3 Å². The van der Waals surface area contributed by atoms with Crippen LogP contribution in [-0.4, -0.2) is 36.6 Å². The molecule has 0 radical (unpaired) electrons. The normalized spacial score (nSPS) is 11.8. The molecule has 0 spiro atoms. The van der Waals surface area contributed by atoms with E-state index >= 15 is 0 Å². The van der Waals surface area contributed by atoms with E-state index in [4.69, 9.17) is 9.47 Å². The van der Waals surface area contributed by atoms with Gasteiger partial charge in [0.15, 0.2) is 10.6 Å². The highest BCUT2D eigenvalue weighted by Crippen LogP contribution is 2.23. The second kappa shape index (κ2) is 8.95. The zero-order chi connectivity index (χ0) is 20.1. The first kappa shape index (κ1) is 20.0. The van der Waals surface area contributed by atoms with E-state index in [1.165, 1.54) is 18.3 Å². The molecule has 1 amide bonds. The molecule has 3 aromatic rings. The number of nitrogens with zero attached hydrogens (tertiary/aromatic N) is 2. The van der Waals surface area contributed by atoms with Crippen molar-refractivity contribution in [3.63, 3.8) is 0 Å². The third kappa shape index (κ3) is 4.37. The summed E-state index contributed by atoms with van der Waals surface area (Å²) >= 11 is 1.43. The van der Waals surface area contributed by atoms with Gasteiger partial charge in [0.2, 0.25) is 0 Å². The van der Waals surface area contributed by atoms with Crippen molar-refractivity contribution in [3.8, 4) is 5.75 Å². The predicted octanol–water partition coefficient (Wildman–Crippen LogP) is 3.69. The second-order valence-electron chi connectivity index (χ2n) is 6.14. The fraction of sp³-hybridized carbons (Fsp3) is 0.286. The van der Waals surface area contributed by atoms with E-state index in [0.717, 1.165) is 16.0 Å². The van der Waals surface area contributed by atoms with Crippen molar-refractivity contribution >= 4 is 33.2 Å². The summed E-state index contributed by atoms with van der Waals surface area (Å²) in [5.41, 5.74) is 1.98. The molecule has 0 aliphatic rings. The van der Waals surface area contributed by atoms with E-state index in [1.807, 2.05) is 29.7 Å². The molecule has 3 rings (SSSR count). The smallest absolute Gasteiger partial charge is 0.279 e. The van der Waals surface area contributed by atoms with E-state index in [1.54, 1.807) is 31.4 Å². The molecule has 0 unspecified atom stereocenters. The predicted molar refractivity (Wildman–Crippen MR) is 109 cm³/mol. The minimum atomic E-state index is -0.349. The fourth-order valence-electron chi connectivity index (χ4n) is 2.79. The van der Waals surface area contributed by atoms with E-state index in [-0.39, 0.29) is 11.7 Å². The third-order valence-electron chi connectivity index (χ3n) is 4.22. The number of hydrogen-bond acceptors (Lipinski definition) is 5. The summed E-state index contributed by atoms with van der Waals surface area (Å²) in [5.74, 6) is 0.397. The summed E-state index contributed by atoms with van der Waals surface area (Å²) in [4.78, 5) is 29.0. The summed E-state index contributed by atoms with van der Waals surface area (Å²) in [7, 11) is 1.64. The molecule has 2 aromatic carbocycles. The molecule has 0 saturated heterocycles. The fourth-order valence-corrected chi connectivity index (χ4v) is 3.88. The molecular formula is C21H22N2O4S. The minimum absolute atomic E-state index is 0.0389. The van der Waals surface area contributed by atoms with Crippen LogP contribution >= 0.6 is 11.3 Å². The van der Waals surface area contributed by atoms with E-state index in [0.29, 0.717) is 35.7 Å². The molecule has 1 heterocycles. The summed E-state index contributed by atoms with van der Waals surface area (Å²) in [6.45, 7) is 5.11. The first-order valence-electron chi connectivity index (χ1n) is 8.98. The lowest BCUT2D eigenvalue weighted by atomic mass is 10.1. The van der Waals surface area contributed by atoms with E-state index in [9.17, 15) is 9.59 Å². The van der Waals surface area contributed by atoms with Crippen LogP contribution in [0.5, 0.6) is 5.75 Å². The van der Waals surface area contributed by atoms with Gasteiger partial charge in [-0.1, -0.05) is 23.5 Å².